The van der Waals surface area contributed by atoms with E-state index in [0.717, 1.165) is 5.56 Å². The molecule has 118 valence electrons. The third-order valence-electron chi connectivity index (χ3n) is 3.22. The van der Waals surface area contributed by atoms with Crippen molar-refractivity contribution in [3.8, 4) is 0 Å². The van der Waals surface area contributed by atoms with Crippen LogP contribution in [0.1, 0.15) is 31.9 Å². The lowest BCUT2D eigenvalue weighted by atomic mass is 10.0. The van der Waals surface area contributed by atoms with Gasteiger partial charge in [0.1, 0.15) is 6.04 Å². The second-order valence-electron chi connectivity index (χ2n) is 5.86. The van der Waals surface area contributed by atoms with Crippen LogP contribution in [0.2, 0.25) is 5.02 Å². The molecule has 1 aromatic rings. The molecule has 1 fully saturated rings. The highest BCUT2D eigenvalue weighted by Gasteiger charge is 2.31. The number of carbonyl (C=O) groups is 1. The zero-order valence-electron chi connectivity index (χ0n) is 12.2. The molecule has 1 saturated heterocycles. The molecule has 0 radical (unpaired) electrons. The summed E-state index contributed by atoms with van der Waals surface area (Å²) in [6.45, 7) is 4.20. The fourth-order valence-electron chi connectivity index (χ4n) is 2.13. The normalized spacial score (nSPS) is 21.7. The molecule has 2 rings (SSSR count). The summed E-state index contributed by atoms with van der Waals surface area (Å²) >= 11 is 6.17. The fraction of sp³-hybridized carbons (Fsp3) is 0.500. The lowest BCUT2D eigenvalue weighted by Gasteiger charge is -2.20. The average Bonchev–Trinajstić information content (AvgIpc) is 2.85. The predicted octanol–water partition coefficient (Wildman–Crippen LogP) is 1.52. The van der Waals surface area contributed by atoms with Gasteiger partial charge >= 0.3 is 0 Å². The molecule has 2 atom stereocenters. The molecular formula is C14H22Cl2N4O. The van der Waals surface area contributed by atoms with Crippen molar-refractivity contribution in [2.75, 3.05) is 6.54 Å². The van der Waals surface area contributed by atoms with E-state index in [1.54, 1.807) is 0 Å². The van der Waals surface area contributed by atoms with Crippen LogP contribution in [0.25, 0.3) is 0 Å². The molecule has 0 bridgehead atoms. The summed E-state index contributed by atoms with van der Waals surface area (Å²) in [6, 6.07) is 7.40. The van der Waals surface area contributed by atoms with Gasteiger partial charge in [0.2, 0.25) is 5.91 Å². The molecule has 2 unspecified atom stereocenters. The Kier molecular flexibility index (Phi) is 6.43. The van der Waals surface area contributed by atoms with Crippen molar-refractivity contribution in [3.63, 3.8) is 0 Å². The van der Waals surface area contributed by atoms with Crippen LogP contribution in [0.5, 0.6) is 0 Å². The zero-order valence-corrected chi connectivity index (χ0v) is 13.7. The molecule has 1 heterocycles. The van der Waals surface area contributed by atoms with Crippen LogP contribution in [0.3, 0.4) is 0 Å². The average molecular weight is 333 g/mol. The van der Waals surface area contributed by atoms with E-state index < -0.39 is 5.54 Å². The van der Waals surface area contributed by atoms with Gasteiger partial charge in [0, 0.05) is 23.1 Å². The number of nitrogens with one attached hydrogen (secondary N) is 3. The summed E-state index contributed by atoms with van der Waals surface area (Å²) in [5.41, 5.74) is 12.6. The minimum Gasteiger partial charge on any atom is -0.353 e. The van der Waals surface area contributed by atoms with E-state index in [4.69, 9.17) is 17.3 Å². The Labute approximate surface area is 136 Å². The zero-order chi connectivity index (χ0) is 14.8. The third kappa shape index (κ3) is 5.13. The van der Waals surface area contributed by atoms with Gasteiger partial charge in [-0.15, -0.1) is 12.4 Å². The third-order valence-corrected chi connectivity index (χ3v) is 3.56. The maximum Gasteiger partial charge on any atom is 0.238 e. The van der Waals surface area contributed by atoms with E-state index >= 15 is 0 Å². The number of carbonyl (C=O) groups excluding carboxylic acids is 1. The number of halogens is 2. The number of amides is 1. The van der Waals surface area contributed by atoms with Gasteiger partial charge in [0.15, 0.2) is 0 Å². The first kappa shape index (κ1) is 18.2. The summed E-state index contributed by atoms with van der Waals surface area (Å²) in [4.78, 5) is 12.1. The molecule has 0 spiro atoms. The van der Waals surface area contributed by atoms with Crippen LogP contribution in [-0.4, -0.2) is 24.0 Å². The van der Waals surface area contributed by atoms with E-state index in [1.807, 2.05) is 38.1 Å². The Balaban J connectivity index is 0.00000220. The topological polar surface area (TPSA) is 79.2 Å². The molecule has 21 heavy (non-hydrogen) atoms. The molecule has 1 aromatic carbocycles. The Bertz CT molecular complexity index is 490. The first-order valence-electron chi connectivity index (χ1n) is 6.69. The van der Waals surface area contributed by atoms with E-state index in [1.165, 1.54) is 0 Å². The smallest absolute Gasteiger partial charge is 0.238 e. The van der Waals surface area contributed by atoms with Crippen LogP contribution >= 0.6 is 24.0 Å². The van der Waals surface area contributed by atoms with Crippen LogP contribution in [0.15, 0.2) is 24.3 Å². The first-order valence-corrected chi connectivity index (χ1v) is 7.07. The number of hydrogen-bond donors (Lipinski definition) is 4. The fourth-order valence-corrected chi connectivity index (χ4v) is 2.40. The van der Waals surface area contributed by atoms with Gasteiger partial charge in [0.25, 0.3) is 0 Å². The maximum absolute atomic E-state index is 12.1. The van der Waals surface area contributed by atoms with Crippen molar-refractivity contribution in [1.82, 2.24) is 16.2 Å². The van der Waals surface area contributed by atoms with Crippen molar-refractivity contribution >= 4 is 29.9 Å². The Morgan fingerprint density at radius 3 is 2.71 bits per heavy atom. The van der Waals surface area contributed by atoms with Gasteiger partial charge in [-0.05, 0) is 31.9 Å². The summed E-state index contributed by atoms with van der Waals surface area (Å²) in [5, 5.41) is 3.56. The molecule has 5 nitrogen and oxygen atoms in total. The minimum atomic E-state index is -0.413. The van der Waals surface area contributed by atoms with E-state index in [-0.39, 0.29) is 30.4 Å². The van der Waals surface area contributed by atoms with Crippen LogP contribution < -0.4 is 21.9 Å². The highest BCUT2D eigenvalue weighted by Crippen LogP contribution is 2.28. The molecule has 1 aliphatic rings. The van der Waals surface area contributed by atoms with Crippen molar-refractivity contribution in [3.05, 3.63) is 34.9 Å². The molecule has 7 heteroatoms. The highest BCUT2D eigenvalue weighted by atomic mass is 35.5. The van der Waals surface area contributed by atoms with Gasteiger partial charge < -0.3 is 11.1 Å². The van der Waals surface area contributed by atoms with Crippen molar-refractivity contribution in [2.45, 2.75) is 37.9 Å². The SMILES string of the molecule is CC(C)(N)CNC(=O)C1CC(c2ccccc2Cl)NN1.Cl. The van der Waals surface area contributed by atoms with Crippen molar-refractivity contribution < 1.29 is 4.79 Å². The largest absolute Gasteiger partial charge is 0.353 e. The van der Waals surface area contributed by atoms with E-state index in [2.05, 4.69) is 16.2 Å². The molecule has 1 amide bonds. The molecule has 1 aliphatic heterocycles. The standard InChI is InChI=1S/C14H21ClN4O.ClH/c1-14(2,16)8-17-13(20)12-7-11(18-19-12)9-5-3-4-6-10(9)15;/h3-6,11-12,18-19H,7-8,16H2,1-2H3,(H,17,20);1H. The molecule has 5 N–H and O–H groups in total. The van der Waals surface area contributed by atoms with Gasteiger partial charge in [-0.3, -0.25) is 4.79 Å². The Morgan fingerprint density at radius 1 is 1.43 bits per heavy atom. The van der Waals surface area contributed by atoms with Gasteiger partial charge in [0.05, 0.1) is 0 Å². The van der Waals surface area contributed by atoms with Gasteiger partial charge in [-0.1, -0.05) is 29.8 Å². The quantitative estimate of drug-likeness (QED) is 0.674. The molecule has 0 aliphatic carbocycles. The second kappa shape index (κ2) is 7.42. The maximum atomic E-state index is 12.1. The summed E-state index contributed by atoms with van der Waals surface area (Å²) in [5.74, 6) is -0.0504. The summed E-state index contributed by atoms with van der Waals surface area (Å²) in [6.07, 6.45) is 0.653. The monoisotopic (exact) mass is 332 g/mol. The van der Waals surface area contributed by atoms with Crippen molar-refractivity contribution in [2.24, 2.45) is 5.73 Å². The number of rotatable bonds is 4. The van der Waals surface area contributed by atoms with Gasteiger partial charge in [-0.2, -0.15) is 0 Å². The van der Waals surface area contributed by atoms with Crippen LogP contribution in [-0.2, 0) is 4.79 Å². The number of nitrogens with two attached hydrogens (primary N) is 1. The van der Waals surface area contributed by atoms with Gasteiger partial charge in [-0.25, -0.2) is 10.9 Å². The Morgan fingerprint density at radius 2 is 2.10 bits per heavy atom. The lowest BCUT2D eigenvalue weighted by Crippen LogP contribution is -2.50. The number of hydrogen-bond acceptors (Lipinski definition) is 4. The van der Waals surface area contributed by atoms with Crippen molar-refractivity contribution in [1.29, 1.82) is 0 Å². The lowest BCUT2D eigenvalue weighted by molar-refractivity contribution is -0.123. The molecule has 0 saturated carbocycles. The predicted molar refractivity (Wildman–Crippen MR) is 87.4 cm³/mol. The van der Waals surface area contributed by atoms with Crippen LogP contribution in [0, 0.1) is 0 Å². The Hall–Kier alpha value is -0.850. The number of hydrazine groups is 1. The first-order chi connectivity index (χ1) is 9.37. The number of benzene rings is 1. The second-order valence-corrected chi connectivity index (χ2v) is 6.26. The summed E-state index contributed by atoms with van der Waals surface area (Å²) < 4.78 is 0. The minimum absolute atomic E-state index is 0. The molecule has 0 aromatic heterocycles. The highest BCUT2D eigenvalue weighted by molar-refractivity contribution is 6.31. The molecular weight excluding hydrogens is 311 g/mol. The summed E-state index contributed by atoms with van der Waals surface area (Å²) in [7, 11) is 0. The van der Waals surface area contributed by atoms with E-state index in [9.17, 15) is 4.79 Å². The van der Waals surface area contributed by atoms with Crippen LogP contribution in [0.4, 0.5) is 0 Å². The van der Waals surface area contributed by atoms with E-state index in [0.29, 0.717) is 18.0 Å².